The fourth-order valence-electron chi connectivity index (χ4n) is 5.31. The Hall–Kier alpha value is -3.78. The van der Waals surface area contributed by atoms with Crippen molar-refractivity contribution >= 4 is 30.0 Å². The van der Waals surface area contributed by atoms with E-state index in [0.29, 0.717) is 30.3 Å². The first kappa shape index (κ1) is 32.7. The fraction of sp³-hybridized carbons (Fsp3) is 0.467. The van der Waals surface area contributed by atoms with E-state index in [9.17, 15) is 23.2 Å². The SMILES string of the molecule is CCN(CCCCC(=O)O)c1cc2c(cc1CNc1nc(Cc3cc(C#N)cc(C(F)(F)F)c3)n(C)n1)CCCC2.Cl. The van der Waals surface area contributed by atoms with Crippen LogP contribution in [0, 0.1) is 11.3 Å². The molecule has 2 aromatic carbocycles. The third-order valence-electron chi connectivity index (χ3n) is 7.44. The van der Waals surface area contributed by atoms with E-state index in [0.717, 1.165) is 68.6 Å². The molecular formula is C30H36ClF3N6O2. The highest BCUT2D eigenvalue weighted by atomic mass is 35.5. The first-order valence-corrected chi connectivity index (χ1v) is 13.9. The summed E-state index contributed by atoms with van der Waals surface area (Å²) in [6.45, 7) is 4.08. The van der Waals surface area contributed by atoms with Gasteiger partial charge in [0.15, 0.2) is 0 Å². The van der Waals surface area contributed by atoms with Gasteiger partial charge in [-0.05, 0) is 92.0 Å². The predicted molar refractivity (Wildman–Crippen MR) is 157 cm³/mol. The van der Waals surface area contributed by atoms with Gasteiger partial charge in [0.1, 0.15) is 5.82 Å². The van der Waals surface area contributed by atoms with Crippen LogP contribution in [0.4, 0.5) is 24.8 Å². The van der Waals surface area contributed by atoms with Gasteiger partial charge >= 0.3 is 12.1 Å². The maximum Gasteiger partial charge on any atom is 0.416 e. The zero-order valence-electron chi connectivity index (χ0n) is 23.8. The third kappa shape index (κ3) is 8.38. The van der Waals surface area contributed by atoms with E-state index >= 15 is 0 Å². The van der Waals surface area contributed by atoms with Gasteiger partial charge in [-0.2, -0.15) is 23.4 Å². The summed E-state index contributed by atoms with van der Waals surface area (Å²) in [5, 5.41) is 25.9. The van der Waals surface area contributed by atoms with Crippen molar-refractivity contribution in [1.82, 2.24) is 14.8 Å². The second-order valence-electron chi connectivity index (χ2n) is 10.4. The summed E-state index contributed by atoms with van der Waals surface area (Å²) in [7, 11) is 1.69. The molecule has 1 aromatic heterocycles. The molecule has 1 aliphatic carbocycles. The van der Waals surface area contributed by atoms with Crippen LogP contribution in [0.5, 0.6) is 0 Å². The number of unbranched alkanes of at least 4 members (excludes halogenated alkanes) is 1. The molecule has 0 atom stereocenters. The molecule has 4 rings (SSSR count). The van der Waals surface area contributed by atoms with Gasteiger partial charge in [-0.15, -0.1) is 17.5 Å². The van der Waals surface area contributed by atoms with Crippen LogP contribution in [0.1, 0.15) is 78.2 Å². The van der Waals surface area contributed by atoms with Crippen molar-refractivity contribution in [2.75, 3.05) is 23.3 Å². The lowest BCUT2D eigenvalue weighted by atomic mass is 9.89. The second-order valence-corrected chi connectivity index (χ2v) is 10.4. The molecule has 8 nitrogen and oxygen atoms in total. The summed E-state index contributed by atoms with van der Waals surface area (Å²) in [4.78, 5) is 17.8. The number of nitrogens with one attached hydrogen (secondary N) is 1. The Morgan fingerprint density at radius 2 is 1.86 bits per heavy atom. The number of hydrogen-bond donors (Lipinski definition) is 2. The van der Waals surface area contributed by atoms with Crippen LogP contribution in [-0.2, 0) is 43.8 Å². The molecule has 0 saturated heterocycles. The van der Waals surface area contributed by atoms with Gasteiger partial charge in [0.2, 0.25) is 5.95 Å². The van der Waals surface area contributed by atoms with Crippen LogP contribution in [-0.4, -0.2) is 38.9 Å². The van der Waals surface area contributed by atoms with Gasteiger partial charge in [0.25, 0.3) is 0 Å². The predicted octanol–water partition coefficient (Wildman–Crippen LogP) is 6.29. The molecular weight excluding hydrogens is 569 g/mol. The van der Waals surface area contributed by atoms with Crippen LogP contribution in [0.3, 0.4) is 0 Å². The summed E-state index contributed by atoms with van der Waals surface area (Å²) in [5.74, 6) is 0.0469. The van der Waals surface area contributed by atoms with Crippen molar-refractivity contribution in [2.24, 2.45) is 7.05 Å². The summed E-state index contributed by atoms with van der Waals surface area (Å²) >= 11 is 0. The monoisotopic (exact) mass is 604 g/mol. The van der Waals surface area contributed by atoms with E-state index in [-0.39, 0.29) is 30.8 Å². The highest BCUT2D eigenvalue weighted by Gasteiger charge is 2.31. The maximum absolute atomic E-state index is 13.3. The van der Waals surface area contributed by atoms with E-state index in [1.165, 1.54) is 21.9 Å². The second kappa shape index (κ2) is 14.4. The van der Waals surface area contributed by atoms with Crippen LogP contribution >= 0.6 is 12.4 Å². The molecule has 0 fully saturated rings. The molecule has 0 saturated carbocycles. The number of anilines is 2. The smallest absolute Gasteiger partial charge is 0.416 e. The zero-order valence-corrected chi connectivity index (χ0v) is 24.6. The highest BCUT2D eigenvalue weighted by molar-refractivity contribution is 5.85. The Morgan fingerprint density at radius 1 is 1.14 bits per heavy atom. The molecule has 0 amide bonds. The van der Waals surface area contributed by atoms with Gasteiger partial charge < -0.3 is 15.3 Å². The first-order chi connectivity index (χ1) is 19.6. The van der Waals surface area contributed by atoms with E-state index in [1.54, 1.807) is 13.1 Å². The van der Waals surface area contributed by atoms with E-state index in [2.05, 4.69) is 39.4 Å². The first-order valence-electron chi connectivity index (χ1n) is 13.9. The Kier molecular flexibility index (Phi) is 11.2. The van der Waals surface area contributed by atoms with Gasteiger partial charge in [-0.3, -0.25) is 9.48 Å². The third-order valence-corrected chi connectivity index (χ3v) is 7.44. The molecule has 0 bridgehead atoms. The molecule has 0 unspecified atom stereocenters. The Balaban J connectivity index is 0.00000484. The normalized spacial score (nSPS) is 12.7. The largest absolute Gasteiger partial charge is 0.481 e. The number of hydrogen-bond acceptors (Lipinski definition) is 6. The fourth-order valence-corrected chi connectivity index (χ4v) is 5.31. The van der Waals surface area contributed by atoms with Crippen molar-refractivity contribution in [3.8, 4) is 6.07 Å². The van der Waals surface area contributed by atoms with E-state index < -0.39 is 17.7 Å². The summed E-state index contributed by atoms with van der Waals surface area (Å²) < 4.78 is 41.5. The van der Waals surface area contributed by atoms with Crippen molar-refractivity contribution in [2.45, 2.75) is 71.0 Å². The van der Waals surface area contributed by atoms with Gasteiger partial charge in [0, 0.05) is 45.2 Å². The number of carbonyl (C=O) groups is 1. The molecule has 226 valence electrons. The van der Waals surface area contributed by atoms with Gasteiger partial charge in [0.05, 0.1) is 17.2 Å². The molecule has 42 heavy (non-hydrogen) atoms. The van der Waals surface area contributed by atoms with Gasteiger partial charge in [-0.25, -0.2) is 0 Å². The molecule has 0 spiro atoms. The van der Waals surface area contributed by atoms with Crippen molar-refractivity contribution in [1.29, 1.82) is 5.26 Å². The van der Waals surface area contributed by atoms with Crippen LogP contribution < -0.4 is 10.2 Å². The number of aromatic nitrogens is 3. The van der Waals surface area contributed by atoms with E-state index in [1.807, 2.05) is 0 Å². The van der Waals surface area contributed by atoms with Crippen LogP contribution in [0.15, 0.2) is 30.3 Å². The average molecular weight is 605 g/mol. The minimum Gasteiger partial charge on any atom is -0.481 e. The highest BCUT2D eigenvalue weighted by Crippen LogP contribution is 2.32. The van der Waals surface area contributed by atoms with Crippen molar-refractivity contribution in [3.63, 3.8) is 0 Å². The van der Waals surface area contributed by atoms with Crippen molar-refractivity contribution < 1.29 is 23.1 Å². The lowest BCUT2D eigenvalue weighted by Crippen LogP contribution is -2.26. The Bertz CT molecular complexity index is 1430. The number of carboxylic acid groups (broad SMARTS) is 1. The number of halogens is 4. The quantitative estimate of drug-likeness (QED) is 0.234. The zero-order chi connectivity index (χ0) is 29.6. The summed E-state index contributed by atoms with van der Waals surface area (Å²) in [6, 6.07) is 9.63. The molecule has 1 aliphatic rings. The minimum atomic E-state index is -4.55. The molecule has 0 aliphatic heterocycles. The number of alkyl halides is 3. The minimum absolute atomic E-state index is 0. The number of aryl methyl sites for hydroxylation is 3. The lowest BCUT2D eigenvalue weighted by molar-refractivity contribution is -0.138. The Labute approximate surface area is 250 Å². The number of benzene rings is 2. The Morgan fingerprint density at radius 3 is 2.50 bits per heavy atom. The van der Waals surface area contributed by atoms with Crippen molar-refractivity contribution in [3.05, 3.63) is 69.5 Å². The maximum atomic E-state index is 13.3. The summed E-state index contributed by atoms with van der Waals surface area (Å²) in [6.07, 6.45) is 1.48. The number of nitrogens with zero attached hydrogens (tertiary/aromatic N) is 5. The number of rotatable bonds is 12. The van der Waals surface area contributed by atoms with Gasteiger partial charge in [-0.1, -0.05) is 6.07 Å². The topological polar surface area (TPSA) is 107 Å². The average Bonchev–Trinajstić information content (AvgIpc) is 3.29. The van der Waals surface area contributed by atoms with Crippen LogP contribution in [0.2, 0.25) is 0 Å². The molecule has 12 heteroatoms. The molecule has 0 radical (unpaired) electrons. The summed E-state index contributed by atoms with van der Waals surface area (Å²) in [5.41, 5.74) is 4.31. The molecule has 2 N–H and O–H groups in total. The number of nitriles is 1. The van der Waals surface area contributed by atoms with E-state index in [4.69, 9.17) is 5.11 Å². The number of aliphatic carboxylic acids is 1. The molecule has 3 aromatic rings. The van der Waals surface area contributed by atoms with Crippen LogP contribution in [0.25, 0.3) is 0 Å². The molecule has 1 heterocycles. The lowest BCUT2D eigenvalue weighted by Gasteiger charge is -2.29. The standard InChI is InChI=1S/C30H35F3N6O2.ClH/c1-3-39(11-7-6-10-28(40)41)26-17-23-9-5-4-8-22(23)16-24(26)19-35-29-36-27(38(2)37-29)15-20-12-21(18-34)14-25(13-20)30(31,32)33;/h12-14,16-17H,3-11,15,19H2,1-2H3,(H,35,37)(H,40,41);1H. The number of carboxylic acids is 1. The number of fused-ring (bicyclic) bond motifs is 1.